The van der Waals surface area contributed by atoms with Crippen molar-refractivity contribution in [3.8, 4) is 0 Å². The summed E-state index contributed by atoms with van der Waals surface area (Å²) < 4.78 is 2.26. The molecule has 18 heavy (non-hydrogen) atoms. The Morgan fingerprint density at radius 2 is 2.06 bits per heavy atom. The molecule has 3 nitrogen and oxygen atoms in total. The Morgan fingerprint density at radius 1 is 1.33 bits per heavy atom. The summed E-state index contributed by atoms with van der Waals surface area (Å²) in [5.74, 6) is 0. The van der Waals surface area contributed by atoms with E-state index in [9.17, 15) is 5.11 Å². The van der Waals surface area contributed by atoms with Crippen molar-refractivity contribution < 1.29 is 5.11 Å². The highest BCUT2D eigenvalue weighted by Crippen LogP contribution is 2.20. The number of nitrogens with zero attached hydrogens (tertiary/aromatic N) is 1. The molecule has 0 fully saturated rings. The van der Waals surface area contributed by atoms with Crippen molar-refractivity contribution in [1.82, 2.24) is 9.88 Å². The van der Waals surface area contributed by atoms with Gasteiger partial charge >= 0.3 is 0 Å². The molecule has 2 aromatic rings. The van der Waals surface area contributed by atoms with E-state index in [4.69, 9.17) is 0 Å². The number of hydrogen-bond acceptors (Lipinski definition) is 2. The van der Waals surface area contributed by atoms with Crippen molar-refractivity contribution in [3.05, 3.63) is 36.0 Å². The zero-order valence-corrected chi connectivity index (χ0v) is 11.7. The van der Waals surface area contributed by atoms with Gasteiger partial charge in [-0.15, -0.1) is 12.4 Å². The normalized spacial score (nSPS) is 12.4. The fourth-order valence-electron chi connectivity index (χ4n) is 2.14. The molecule has 0 spiro atoms. The van der Waals surface area contributed by atoms with Crippen molar-refractivity contribution in [1.29, 1.82) is 0 Å². The van der Waals surface area contributed by atoms with Crippen LogP contribution < -0.4 is 5.32 Å². The molecule has 0 bridgehead atoms. The first-order chi connectivity index (χ1) is 8.22. The van der Waals surface area contributed by atoms with Gasteiger partial charge in [0.15, 0.2) is 0 Å². The maximum Gasteiger partial charge on any atom is 0.0636 e. The van der Waals surface area contributed by atoms with Gasteiger partial charge in [-0.3, -0.25) is 0 Å². The van der Waals surface area contributed by atoms with Crippen molar-refractivity contribution in [2.45, 2.75) is 33.0 Å². The molecule has 0 aliphatic carbocycles. The van der Waals surface area contributed by atoms with Gasteiger partial charge in [0.05, 0.1) is 6.10 Å². The van der Waals surface area contributed by atoms with Gasteiger partial charge in [0.1, 0.15) is 0 Å². The third-order valence-corrected chi connectivity index (χ3v) is 2.97. The number of para-hydroxylation sites is 1. The molecule has 0 saturated carbocycles. The van der Waals surface area contributed by atoms with Crippen LogP contribution in [0.2, 0.25) is 0 Å². The Morgan fingerprint density at radius 3 is 2.72 bits per heavy atom. The Labute approximate surface area is 114 Å². The van der Waals surface area contributed by atoms with Crippen LogP contribution in [0, 0.1) is 0 Å². The zero-order valence-electron chi connectivity index (χ0n) is 10.9. The van der Waals surface area contributed by atoms with Gasteiger partial charge in [-0.25, -0.2) is 0 Å². The van der Waals surface area contributed by atoms with E-state index in [0.29, 0.717) is 6.54 Å². The summed E-state index contributed by atoms with van der Waals surface area (Å²) in [6.07, 6.45) is 1.90. The van der Waals surface area contributed by atoms with E-state index in [2.05, 4.69) is 47.3 Å². The van der Waals surface area contributed by atoms with Gasteiger partial charge in [-0.1, -0.05) is 18.2 Å². The van der Waals surface area contributed by atoms with Crippen LogP contribution in [0.3, 0.4) is 0 Å². The number of halogens is 1. The number of benzene rings is 1. The van der Waals surface area contributed by atoms with Crippen LogP contribution in [0.4, 0.5) is 0 Å². The number of nitrogens with one attached hydrogen (secondary N) is 1. The fourth-order valence-corrected chi connectivity index (χ4v) is 2.14. The summed E-state index contributed by atoms with van der Waals surface area (Å²) in [5, 5.41) is 13.8. The summed E-state index contributed by atoms with van der Waals surface area (Å²) in [4.78, 5) is 0. The molecule has 0 amide bonds. The van der Waals surface area contributed by atoms with E-state index in [-0.39, 0.29) is 18.5 Å². The van der Waals surface area contributed by atoms with Crippen molar-refractivity contribution in [2.24, 2.45) is 0 Å². The highest BCUT2D eigenvalue weighted by atomic mass is 35.5. The van der Waals surface area contributed by atoms with Gasteiger partial charge in [0.2, 0.25) is 0 Å². The van der Waals surface area contributed by atoms with Gasteiger partial charge in [-0.2, -0.15) is 0 Å². The van der Waals surface area contributed by atoms with Crippen LogP contribution in [0.25, 0.3) is 10.9 Å². The second-order valence-electron chi connectivity index (χ2n) is 4.44. The molecule has 0 radical (unpaired) electrons. The molecule has 1 atom stereocenters. The average molecular weight is 269 g/mol. The van der Waals surface area contributed by atoms with Gasteiger partial charge in [-0.05, 0) is 25.5 Å². The molecule has 4 heteroatoms. The van der Waals surface area contributed by atoms with Crippen LogP contribution in [0.1, 0.15) is 19.4 Å². The van der Waals surface area contributed by atoms with E-state index < -0.39 is 0 Å². The summed E-state index contributed by atoms with van der Waals surface area (Å²) in [7, 11) is 0. The highest BCUT2D eigenvalue weighted by molar-refractivity contribution is 5.85. The quantitative estimate of drug-likeness (QED) is 0.875. The van der Waals surface area contributed by atoms with E-state index in [1.165, 1.54) is 16.5 Å². The summed E-state index contributed by atoms with van der Waals surface area (Å²) in [6.45, 7) is 6.36. The lowest BCUT2D eigenvalue weighted by Gasteiger charge is -2.05. The average Bonchev–Trinajstić information content (AvgIpc) is 2.68. The molecule has 0 aliphatic rings. The molecular weight excluding hydrogens is 248 g/mol. The molecule has 1 aromatic carbocycles. The third kappa shape index (κ3) is 3.25. The van der Waals surface area contributed by atoms with Crippen LogP contribution in [0.5, 0.6) is 0 Å². The Kier molecular flexibility index (Phi) is 5.66. The molecule has 2 N–H and O–H groups in total. The predicted octanol–water partition coefficient (Wildman–Crippen LogP) is 2.55. The zero-order chi connectivity index (χ0) is 12.3. The largest absolute Gasteiger partial charge is 0.392 e. The lowest BCUT2D eigenvalue weighted by molar-refractivity contribution is 0.191. The summed E-state index contributed by atoms with van der Waals surface area (Å²) in [5.41, 5.74) is 2.58. The Hall–Kier alpha value is -1.03. The molecule has 1 heterocycles. The minimum atomic E-state index is -0.297. The highest BCUT2D eigenvalue weighted by Gasteiger charge is 2.06. The maximum absolute atomic E-state index is 9.23. The van der Waals surface area contributed by atoms with E-state index in [1.54, 1.807) is 6.92 Å². The number of hydrogen-bond donors (Lipinski definition) is 2. The molecule has 2 rings (SSSR count). The van der Waals surface area contributed by atoms with Gasteiger partial charge in [0, 0.05) is 36.7 Å². The molecule has 1 aromatic heterocycles. The van der Waals surface area contributed by atoms with Crippen LogP contribution >= 0.6 is 12.4 Å². The Balaban J connectivity index is 0.00000162. The second-order valence-corrected chi connectivity index (χ2v) is 4.44. The first-order valence-electron chi connectivity index (χ1n) is 6.18. The van der Waals surface area contributed by atoms with Crippen LogP contribution in [-0.2, 0) is 13.1 Å². The van der Waals surface area contributed by atoms with Gasteiger partial charge in [0.25, 0.3) is 0 Å². The first-order valence-corrected chi connectivity index (χ1v) is 6.18. The summed E-state index contributed by atoms with van der Waals surface area (Å²) in [6, 6.07) is 8.44. The lowest BCUT2D eigenvalue weighted by Crippen LogP contribution is -2.23. The van der Waals surface area contributed by atoms with Crippen molar-refractivity contribution in [3.63, 3.8) is 0 Å². The van der Waals surface area contributed by atoms with E-state index in [0.717, 1.165) is 13.1 Å². The second kappa shape index (κ2) is 6.78. The number of fused-ring (bicyclic) bond motifs is 1. The number of aromatic nitrogens is 1. The standard InChI is InChI=1S/C14H20N2O.ClH/c1-3-16-10-12(9-15-8-11(2)17)13-6-4-5-7-14(13)16;/h4-7,10-11,15,17H,3,8-9H2,1-2H3;1H. The molecular formula is C14H21ClN2O. The van der Waals surface area contributed by atoms with Crippen molar-refractivity contribution >= 4 is 23.3 Å². The summed E-state index contributed by atoms with van der Waals surface area (Å²) >= 11 is 0. The SMILES string of the molecule is CCn1cc(CNCC(C)O)c2ccccc21.Cl. The molecule has 1 unspecified atom stereocenters. The van der Waals surface area contributed by atoms with Gasteiger partial charge < -0.3 is 15.0 Å². The molecule has 0 saturated heterocycles. The maximum atomic E-state index is 9.23. The van der Waals surface area contributed by atoms with Crippen molar-refractivity contribution in [2.75, 3.05) is 6.54 Å². The minimum absolute atomic E-state index is 0. The van der Waals surface area contributed by atoms with Crippen LogP contribution in [0.15, 0.2) is 30.5 Å². The number of aryl methyl sites for hydroxylation is 1. The Bertz CT molecular complexity index is 493. The topological polar surface area (TPSA) is 37.2 Å². The predicted molar refractivity (Wildman–Crippen MR) is 78.2 cm³/mol. The number of aliphatic hydroxyl groups excluding tert-OH is 1. The molecule has 0 aliphatic heterocycles. The van der Waals surface area contributed by atoms with E-state index >= 15 is 0 Å². The lowest BCUT2D eigenvalue weighted by atomic mass is 10.2. The van der Waals surface area contributed by atoms with Crippen LogP contribution in [-0.4, -0.2) is 22.3 Å². The smallest absolute Gasteiger partial charge is 0.0636 e. The first kappa shape index (κ1) is 15.0. The minimum Gasteiger partial charge on any atom is -0.392 e. The number of aliphatic hydroxyl groups is 1. The fraction of sp³-hybridized carbons (Fsp3) is 0.429. The number of rotatable bonds is 5. The van der Waals surface area contributed by atoms with E-state index in [1.807, 2.05) is 0 Å². The third-order valence-electron chi connectivity index (χ3n) is 2.97. The molecule has 100 valence electrons. The monoisotopic (exact) mass is 268 g/mol.